The summed E-state index contributed by atoms with van der Waals surface area (Å²) in [7, 11) is -4.06. The van der Waals surface area contributed by atoms with Crippen molar-refractivity contribution >= 4 is 40.1 Å². The number of benzene rings is 1. The minimum Gasteiger partial charge on any atom is -0.480 e. The predicted octanol–water partition coefficient (Wildman–Crippen LogP) is 0.711. The number of carboxylic acid groups (broad SMARTS) is 1. The van der Waals surface area contributed by atoms with E-state index in [-0.39, 0.29) is 16.6 Å². The molecule has 23 heavy (non-hydrogen) atoms. The van der Waals surface area contributed by atoms with Gasteiger partial charge in [-0.3, -0.25) is 4.79 Å². The van der Waals surface area contributed by atoms with Crippen molar-refractivity contribution in [3.63, 3.8) is 0 Å². The van der Waals surface area contributed by atoms with Crippen LogP contribution in [0.25, 0.3) is 0 Å². The zero-order valence-corrected chi connectivity index (χ0v) is 13.1. The highest BCUT2D eigenvalue weighted by atomic mass is 32.2. The number of nitrogens with one attached hydrogen (secondary N) is 1. The normalized spacial score (nSPS) is 12.6. The number of carboxylic acids is 1. The number of anilines is 2. The molecule has 2 aromatic rings. The van der Waals surface area contributed by atoms with Crippen molar-refractivity contribution in [2.45, 2.75) is 10.1 Å². The Balaban J connectivity index is 2.24. The quantitative estimate of drug-likeness (QED) is 0.646. The first-order chi connectivity index (χ1) is 10.8. The summed E-state index contributed by atoms with van der Waals surface area (Å²) in [5.41, 5.74) is 0.376. The largest absolute Gasteiger partial charge is 0.480 e. The summed E-state index contributed by atoms with van der Waals surface area (Å²) >= 11 is 3.76. The minimum absolute atomic E-state index is 0.105. The van der Waals surface area contributed by atoms with Crippen LogP contribution >= 0.6 is 12.6 Å². The number of nitrogens with zero attached hydrogens (tertiary/aromatic N) is 3. The molecule has 1 unspecified atom stereocenters. The lowest BCUT2D eigenvalue weighted by Crippen LogP contribution is -2.31. The molecule has 0 aliphatic carbocycles. The minimum atomic E-state index is -4.06. The highest BCUT2D eigenvalue weighted by Crippen LogP contribution is 2.21. The van der Waals surface area contributed by atoms with Crippen LogP contribution in [-0.4, -0.2) is 45.4 Å². The number of aromatic nitrogens is 3. The fraction of sp³-hybridized carbons (Fsp3) is 0.167. The maximum Gasteiger partial charge on any atom is 0.323 e. The van der Waals surface area contributed by atoms with Crippen LogP contribution in [0.1, 0.15) is 0 Å². The van der Waals surface area contributed by atoms with Crippen molar-refractivity contribution in [1.29, 1.82) is 0 Å². The van der Waals surface area contributed by atoms with Gasteiger partial charge in [-0.2, -0.15) is 32.0 Å². The van der Waals surface area contributed by atoms with E-state index in [1.165, 1.54) is 24.3 Å². The van der Waals surface area contributed by atoms with Crippen LogP contribution in [-0.2, 0) is 14.6 Å². The van der Waals surface area contributed by atoms with E-state index in [4.69, 9.17) is 5.11 Å². The lowest BCUT2D eigenvalue weighted by Gasteiger charge is -2.11. The Morgan fingerprint density at radius 1 is 1.35 bits per heavy atom. The van der Waals surface area contributed by atoms with Crippen molar-refractivity contribution < 1.29 is 22.7 Å². The summed E-state index contributed by atoms with van der Waals surface area (Å²) in [5.74, 6) is -1.93. The van der Waals surface area contributed by atoms with E-state index < -0.39 is 27.1 Å². The van der Waals surface area contributed by atoms with Gasteiger partial charge in [0.15, 0.2) is 15.1 Å². The van der Waals surface area contributed by atoms with Gasteiger partial charge in [0.1, 0.15) is 0 Å². The molecule has 0 spiro atoms. The van der Waals surface area contributed by atoms with Crippen LogP contribution in [0.2, 0.25) is 0 Å². The predicted molar refractivity (Wildman–Crippen MR) is 80.8 cm³/mol. The summed E-state index contributed by atoms with van der Waals surface area (Å²) in [6, 6.07) is 5.18. The van der Waals surface area contributed by atoms with Gasteiger partial charge < -0.3 is 10.4 Å². The maximum absolute atomic E-state index is 12.8. The first-order valence-corrected chi connectivity index (χ1v) is 8.24. The molecule has 0 saturated heterocycles. The highest BCUT2D eigenvalue weighted by Gasteiger charge is 2.32. The number of hydrogen-bond donors (Lipinski definition) is 3. The van der Waals surface area contributed by atoms with E-state index in [9.17, 15) is 17.6 Å². The van der Waals surface area contributed by atoms with Crippen molar-refractivity contribution in [3.8, 4) is 0 Å². The molecule has 1 aromatic heterocycles. The average Bonchev–Trinajstić information content (AvgIpc) is 2.47. The van der Waals surface area contributed by atoms with Crippen molar-refractivity contribution in [1.82, 2.24) is 15.0 Å². The Labute approximate surface area is 136 Å². The molecule has 0 amide bonds. The van der Waals surface area contributed by atoms with Gasteiger partial charge in [-0.25, -0.2) is 8.42 Å². The van der Waals surface area contributed by atoms with Gasteiger partial charge in [-0.1, -0.05) is 0 Å². The molecule has 8 nitrogen and oxygen atoms in total. The summed E-state index contributed by atoms with van der Waals surface area (Å²) in [4.78, 5) is 20.8. The lowest BCUT2D eigenvalue weighted by molar-refractivity contribution is -0.136. The molecule has 0 fully saturated rings. The third kappa shape index (κ3) is 3.93. The Morgan fingerprint density at radius 3 is 2.52 bits per heavy atom. The second-order valence-electron chi connectivity index (χ2n) is 4.23. The molecule has 1 aromatic carbocycles. The molecule has 1 radical (unpaired) electrons. The molecule has 2 rings (SSSR count). The summed E-state index contributed by atoms with van der Waals surface area (Å²) in [6.07, 6.45) is 1.04. The van der Waals surface area contributed by atoms with Crippen LogP contribution in [0.3, 0.4) is 0 Å². The first-order valence-electron chi connectivity index (χ1n) is 6.07. The fourth-order valence-corrected chi connectivity index (χ4v) is 3.69. The van der Waals surface area contributed by atoms with Crippen LogP contribution in [0.5, 0.6) is 0 Å². The third-order valence-corrected chi connectivity index (χ3v) is 5.41. The number of halogens is 1. The molecule has 121 valence electrons. The monoisotopic (exact) mass is 357 g/mol. The van der Waals surface area contributed by atoms with E-state index in [1.54, 1.807) is 0 Å². The molecular formula is C12H10FN4O4S2. The van der Waals surface area contributed by atoms with Crippen LogP contribution in [0.4, 0.5) is 16.0 Å². The molecule has 0 saturated carbocycles. The van der Waals surface area contributed by atoms with E-state index in [1.807, 2.05) is 0 Å². The standard InChI is InChI=1S/C12H10FN4O4S2/c13-11-14-6-15-12(17-11)16-7-1-3-8(4-2-7)23(20,21)9(5-22)10(18)19/h1-4,9,22H,5H2,(H,18,19)(H,14,15,16,17). The van der Waals surface area contributed by atoms with Gasteiger partial charge in [0.05, 0.1) is 4.90 Å². The number of hydrogen-bond acceptors (Lipinski definition) is 8. The Kier molecular flexibility index (Phi) is 5.11. The van der Waals surface area contributed by atoms with E-state index in [0.29, 0.717) is 5.69 Å². The van der Waals surface area contributed by atoms with Gasteiger partial charge in [0.2, 0.25) is 12.3 Å². The second kappa shape index (κ2) is 6.87. The summed E-state index contributed by atoms with van der Waals surface area (Å²) in [5, 5.41) is 9.93. The van der Waals surface area contributed by atoms with Gasteiger partial charge in [0.25, 0.3) is 0 Å². The second-order valence-corrected chi connectivity index (χ2v) is 6.73. The molecule has 2 N–H and O–H groups in total. The molecule has 0 aliphatic rings. The van der Waals surface area contributed by atoms with Gasteiger partial charge in [0, 0.05) is 11.4 Å². The smallest absolute Gasteiger partial charge is 0.323 e. The number of rotatable bonds is 6. The van der Waals surface area contributed by atoms with Crippen LogP contribution < -0.4 is 5.32 Å². The van der Waals surface area contributed by atoms with Crippen LogP contribution in [0, 0.1) is 12.4 Å². The number of sulfone groups is 1. The highest BCUT2D eigenvalue weighted by molar-refractivity contribution is 7.94. The average molecular weight is 357 g/mol. The molecule has 1 atom stereocenters. The van der Waals surface area contributed by atoms with E-state index >= 15 is 0 Å². The van der Waals surface area contributed by atoms with Gasteiger partial charge in [-0.05, 0) is 24.3 Å². The molecule has 0 aliphatic heterocycles. The zero-order valence-electron chi connectivity index (χ0n) is 11.3. The third-order valence-electron chi connectivity index (χ3n) is 2.75. The van der Waals surface area contributed by atoms with Crippen LogP contribution in [0.15, 0.2) is 29.2 Å². The summed E-state index contributed by atoms with van der Waals surface area (Å²) < 4.78 is 37.2. The van der Waals surface area contributed by atoms with E-state index in [0.717, 1.165) is 0 Å². The first kappa shape index (κ1) is 17.1. The Bertz CT molecular complexity index is 814. The molecule has 11 heteroatoms. The molecular weight excluding hydrogens is 347 g/mol. The molecule has 0 bridgehead atoms. The number of aliphatic carboxylic acids is 1. The molecule has 1 heterocycles. The summed E-state index contributed by atoms with van der Waals surface area (Å²) in [6.45, 7) is 0. The van der Waals surface area contributed by atoms with Crippen molar-refractivity contribution in [2.75, 3.05) is 11.1 Å². The lowest BCUT2D eigenvalue weighted by atomic mass is 10.3. The Morgan fingerprint density at radius 2 is 2.00 bits per heavy atom. The van der Waals surface area contributed by atoms with E-state index in [2.05, 4.69) is 39.2 Å². The Hall–Kier alpha value is -2.27. The fourth-order valence-electron chi connectivity index (χ4n) is 1.64. The van der Waals surface area contributed by atoms with Gasteiger partial charge in [-0.15, -0.1) is 0 Å². The van der Waals surface area contributed by atoms with Crippen molar-refractivity contribution in [3.05, 3.63) is 36.7 Å². The van der Waals surface area contributed by atoms with Gasteiger partial charge >= 0.3 is 12.0 Å². The number of thiol groups is 1. The topological polar surface area (TPSA) is 122 Å². The maximum atomic E-state index is 12.8. The zero-order chi connectivity index (χ0) is 17.0. The SMILES string of the molecule is O=C(O)C(CS)S(=O)(=O)c1ccc(Nc2n[c]nc(F)n2)cc1. The van der Waals surface area contributed by atoms with Crippen molar-refractivity contribution in [2.24, 2.45) is 0 Å². The number of carbonyl (C=O) groups is 1.